The van der Waals surface area contributed by atoms with E-state index in [0.29, 0.717) is 4.60 Å². The molecular weight excluding hydrogens is 272 g/mol. The summed E-state index contributed by atoms with van der Waals surface area (Å²) in [5.41, 5.74) is 5.13. The van der Waals surface area contributed by atoms with Crippen LogP contribution in [0, 0.1) is 0 Å². The Balaban J connectivity index is 2.74. The van der Waals surface area contributed by atoms with E-state index in [1.807, 2.05) is 0 Å². The molecule has 1 rings (SSSR count). The van der Waals surface area contributed by atoms with Crippen molar-refractivity contribution in [3.63, 3.8) is 0 Å². The molecule has 0 aliphatic heterocycles. The fourth-order valence-corrected chi connectivity index (χ4v) is 1.77. The Labute approximate surface area is 90.1 Å². The van der Waals surface area contributed by atoms with Crippen LogP contribution in [0.2, 0.25) is 0 Å². The maximum absolute atomic E-state index is 11.2. The molecule has 0 atom stereocenters. The minimum absolute atomic E-state index is 0.0687. The summed E-state index contributed by atoms with van der Waals surface area (Å²) in [7, 11) is -3.39. The number of nitrogens with zero attached hydrogens (tertiary/aromatic N) is 2. The fraction of sp³-hybridized carbons (Fsp3) is 0.333. The Hall–Kier alpha value is -0.730. The van der Waals surface area contributed by atoms with Crippen LogP contribution in [0.15, 0.2) is 17.0 Å². The smallest absolute Gasteiger partial charge is 0.235 e. The molecule has 14 heavy (non-hydrogen) atoms. The molecule has 0 unspecified atom stereocenters. The number of hydrogen-bond donors (Lipinski definition) is 2. The first-order chi connectivity index (χ1) is 6.53. The molecule has 0 aliphatic rings. The average Bonchev–Trinajstić information content (AvgIpc) is 2.08. The highest BCUT2D eigenvalue weighted by molar-refractivity contribution is 9.10. The van der Waals surface area contributed by atoms with E-state index in [2.05, 4.69) is 30.6 Å². The number of nitrogens with one attached hydrogen (secondary N) is 1. The summed E-state index contributed by atoms with van der Waals surface area (Å²) >= 11 is 3.08. The molecule has 0 fully saturated rings. The van der Waals surface area contributed by atoms with Crippen molar-refractivity contribution in [2.45, 2.75) is 0 Å². The Bertz CT molecular complexity index is 391. The Kier molecular flexibility index (Phi) is 3.78. The zero-order chi connectivity index (χ0) is 10.6. The van der Waals surface area contributed by atoms with Crippen molar-refractivity contribution >= 4 is 31.8 Å². The molecule has 6 nitrogen and oxygen atoms in total. The summed E-state index contributed by atoms with van der Waals surface area (Å²) in [6.45, 7) is 0.0687. The molecule has 1 aromatic heterocycles. The van der Waals surface area contributed by atoms with Crippen molar-refractivity contribution in [1.82, 2.24) is 9.97 Å². The topological polar surface area (TPSA) is 98.0 Å². The van der Waals surface area contributed by atoms with Gasteiger partial charge >= 0.3 is 0 Å². The van der Waals surface area contributed by atoms with Crippen LogP contribution in [0.3, 0.4) is 0 Å². The summed E-state index contributed by atoms with van der Waals surface area (Å²) in [5, 5.41) is 0. The molecule has 1 heterocycles. The Morgan fingerprint density at radius 2 is 2.14 bits per heavy atom. The first-order valence-electron chi connectivity index (χ1n) is 3.71. The number of nitrogens with two attached hydrogens (primary N) is 1. The number of anilines is 1. The van der Waals surface area contributed by atoms with Crippen molar-refractivity contribution in [3.05, 3.63) is 17.0 Å². The van der Waals surface area contributed by atoms with Gasteiger partial charge in [0.25, 0.3) is 0 Å². The Morgan fingerprint density at radius 1 is 1.43 bits per heavy atom. The lowest BCUT2D eigenvalue weighted by Gasteiger charge is -2.04. The molecule has 0 amide bonds. The van der Waals surface area contributed by atoms with Gasteiger partial charge in [0.15, 0.2) is 5.82 Å². The van der Waals surface area contributed by atoms with E-state index < -0.39 is 10.0 Å². The first kappa shape index (κ1) is 11.3. The molecule has 0 aromatic carbocycles. The van der Waals surface area contributed by atoms with Crippen LogP contribution in [0.1, 0.15) is 0 Å². The molecule has 0 saturated carbocycles. The molecule has 0 saturated heterocycles. The SMILES string of the molecule is NCCS(=O)(=O)Nc1cnc(Br)cn1. The van der Waals surface area contributed by atoms with Crippen molar-refractivity contribution in [1.29, 1.82) is 0 Å². The maximum Gasteiger partial charge on any atom is 0.235 e. The second-order valence-corrected chi connectivity index (χ2v) is 5.09. The second kappa shape index (κ2) is 4.67. The number of rotatable bonds is 4. The lowest BCUT2D eigenvalue weighted by molar-refractivity contribution is 0.601. The van der Waals surface area contributed by atoms with Crippen LogP contribution in [-0.2, 0) is 10.0 Å². The number of sulfonamides is 1. The first-order valence-corrected chi connectivity index (χ1v) is 6.16. The van der Waals surface area contributed by atoms with Gasteiger partial charge in [0.05, 0.1) is 18.1 Å². The van der Waals surface area contributed by atoms with Crippen LogP contribution in [0.4, 0.5) is 5.82 Å². The minimum atomic E-state index is -3.39. The van der Waals surface area contributed by atoms with Gasteiger partial charge in [0.2, 0.25) is 10.0 Å². The highest BCUT2D eigenvalue weighted by atomic mass is 79.9. The normalized spacial score (nSPS) is 11.3. The third-order valence-corrected chi connectivity index (χ3v) is 2.97. The summed E-state index contributed by atoms with van der Waals surface area (Å²) in [5.74, 6) is 0.0479. The summed E-state index contributed by atoms with van der Waals surface area (Å²) < 4.78 is 25.2. The Morgan fingerprint density at radius 3 is 2.64 bits per heavy atom. The molecule has 0 aliphatic carbocycles. The summed E-state index contributed by atoms with van der Waals surface area (Å²) in [6, 6.07) is 0. The molecule has 0 radical (unpaired) electrons. The van der Waals surface area contributed by atoms with Gasteiger partial charge in [-0.15, -0.1) is 0 Å². The lowest BCUT2D eigenvalue weighted by Crippen LogP contribution is -2.22. The molecular formula is C6H9BrN4O2S. The van der Waals surface area contributed by atoms with E-state index in [9.17, 15) is 8.42 Å². The van der Waals surface area contributed by atoms with Gasteiger partial charge in [-0.25, -0.2) is 18.4 Å². The second-order valence-electron chi connectivity index (χ2n) is 2.43. The highest BCUT2D eigenvalue weighted by Crippen LogP contribution is 2.07. The van der Waals surface area contributed by atoms with Crippen molar-refractivity contribution in [2.75, 3.05) is 17.0 Å². The van der Waals surface area contributed by atoms with Gasteiger partial charge in [0, 0.05) is 6.54 Å². The third-order valence-electron chi connectivity index (χ3n) is 1.27. The van der Waals surface area contributed by atoms with E-state index in [0.717, 1.165) is 0 Å². The number of halogens is 1. The van der Waals surface area contributed by atoms with E-state index in [-0.39, 0.29) is 18.1 Å². The van der Waals surface area contributed by atoms with Gasteiger partial charge < -0.3 is 5.73 Å². The van der Waals surface area contributed by atoms with Crippen LogP contribution in [0.5, 0.6) is 0 Å². The summed E-state index contributed by atoms with van der Waals surface area (Å²) in [4.78, 5) is 7.62. The van der Waals surface area contributed by atoms with E-state index >= 15 is 0 Å². The lowest BCUT2D eigenvalue weighted by atomic mass is 10.7. The molecule has 1 aromatic rings. The zero-order valence-corrected chi connectivity index (χ0v) is 9.55. The fourth-order valence-electron chi connectivity index (χ4n) is 0.730. The number of aromatic nitrogens is 2. The van der Waals surface area contributed by atoms with Gasteiger partial charge in [-0.2, -0.15) is 0 Å². The minimum Gasteiger partial charge on any atom is -0.329 e. The van der Waals surface area contributed by atoms with Crippen molar-refractivity contribution in [2.24, 2.45) is 5.73 Å². The summed E-state index contributed by atoms with van der Waals surface area (Å²) in [6.07, 6.45) is 2.72. The quantitative estimate of drug-likeness (QED) is 0.805. The van der Waals surface area contributed by atoms with Crippen LogP contribution >= 0.6 is 15.9 Å². The van der Waals surface area contributed by atoms with Gasteiger partial charge in [-0.3, -0.25) is 4.72 Å². The molecule has 0 spiro atoms. The molecule has 0 bridgehead atoms. The van der Waals surface area contributed by atoms with Crippen LogP contribution < -0.4 is 10.5 Å². The predicted molar refractivity (Wildman–Crippen MR) is 56.2 cm³/mol. The van der Waals surface area contributed by atoms with Gasteiger partial charge in [0.1, 0.15) is 4.60 Å². The standard InChI is InChI=1S/C6H9BrN4O2S/c7-5-3-10-6(4-9-5)11-14(12,13)2-1-8/h3-4H,1-2,8H2,(H,10,11). The van der Waals surface area contributed by atoms with E-state index in [4.69, 9.17) is 5.73 Å². The van der Waals surface area contributed by atoms with E-state index in [1.165, 1.54) is 12.4 Å². The van der Waals surface area contributed by atoms with Gasteiger partial charge in [-0.1, -0.05) is 0 Å². The molecule has 3 N–H and O–H groups in total. The monoisotopic (exact) mass is 280 g/mol. The highest BCUT2D eigenvalue weighted by Gasteiger charge is 2.09. The largest absolute Gasteiger partial charge is 0.329 e. The van der Waals surface area contributed by atoms with Crippen LogP contribution in [0.25, 0.3) is 0 Å². The maximum atomic E-state index is 11.2. The zero-order valence-electron chi connectivity index (χ0n) is 7.14. The van der Waals surface area contributed by atoms with E-state index in [1.54, 1.807) is 0 Å². The molecule has 8 heteroatoms. The molecule has 78 valence electrons. The average molecular weight is 281 g/mol. The van der Waals surface area contributed by atoms with Crippen molar-refractivity contribution in [3.8, 4) is 0 Å². The van der Waals surface area contributed by atoms with Crippen molar-refractivity contribution < 1.29 is 8.42 Å². The van der Waals surface area contributed by atoms with Crippen LogP contribution in [-0.4, -0.2) is 30.7 Å². The third kappa shape index (κ3) is 3.56. The van der Waals surface area contributed by atoms with Gasteiger partial charge in [-0.05, 0) is 15.9 Å². The number of hydrogen-bond acceptors (Lipinski definition) is 5. The predicted octanol–water partition coefficient (Wildman–Crippen LogP) is -0.0605.